The lowest BCUT2D eigenvalue weighted by Crippen LogP contribution is -2.10. The highest BCUT2D eigenvalue weighted by Crippen LogP contribution is 2.20. The minimum atomic E-state index is -3.46. The van der Waals surface area contributed by atoms with E-state index in [1.165, 1.54) is 0 Å². The Kier molecular flexibility index (Phi) is 4.86. The Hall–Kier alpha value is -1.40. The number of rotatable bonds is 6. The molecule has 0 amide bonds. The third-order valence-corrected chi connectivity index (χ3v) is 3.07. The van der Waals surface area contributed by atoms with Crippen LogP contribution in [0.25, 0.3) is 0 Å². The lowest BCUT2D eigenvalue weighted by molar-refractivity contribution is -0.138. The molecule has 18 heavy (non-hydrogen) atoms. The maximum absolute atomic E-state index is 11.0. The minimum Gasteiger partial charge on any atom is -0.481 e. The van der Waals surface area contributed by atoms with E-state index in [1.54, 1.807) is 31.2 Å². The summed E-state index contributed by atoms with van der Waals surface area (Å²) in [7, 11) is -3.46. The van der Waals surface area contributed by atoms with Crippen molar-refractivity contribution in [2.75, 3.05) is 6.26 Å². The summed E-state index contributed by atoms with van der Waals surface area (Å²) in [6.07, 6.45) is 1.49. The fraction of sp³-hybridized carbons (Fsp3) is 0.417. The molecule has 5 nitrogen and oxygen atoms in total. The van der Waals surface area contributed by atoms with Crippen molar-refractivity contribution in [3.05, 3.63) is 35.4 Å². The maximum atomic E-state index is 11.0. The Morgan fingerprint density at radius 3 is 2.28 bits per heavy atom. The highest BCUT2D eigenvalue weighted by atomic mass is 32.2. The van der Waals surface area contributed by atoms with Crippen molar-refractivity contribution in [1.29, 1.82) is 0 Å². The SMILES string of the molecule is CCC(C(=O)O)c1ccc(COS(C)(=O)=O)cc1. The van der Waals surface area contributed by atoms with Gasteiger partial charge in [-0.05, 0) is 17.5 Å². The predicted molar refractivity (Wildman–Crippen MR) is 66.7 cm³/mol. The molecule has 0 aliphatic heterocycles. The van der Waals surface area contributed by atoms with Gasteiger partial charge in [-0.3, -0.25) is 8.98 Å². The molecule has 0 fully saturated rings. The Balaban J connectivity index is 2.76. The average Bonchev–Trinajstić information content (AvgIpc) is 2.27. The first-order valence-corrected chi connectivity index (χ1v) is 7.31. The number of hydrogen-bond donors (Lipinski definition) is 1. The summed E-state index contributed by atoms with van der Waals surface area (Å²) >= 11 is 0. The van der Waals surface area contributed by atoms with Crippen molar-refractivity contribution in [2.24, 2.45) is 0 Å². The number of aliphatic carboxylic acids is 1. The van der Waals surface area contributed by atoms with Gasteiger partial charge in [0.1, 0.15) is 0 Å². The normalized spacial score (nSPS) is 13.2. The van der Waals surface area contributed by atoms with Gasteiger partial charge in [0.2, 0.25) is 0 Å². The molecule has 0 saturated carbocycles. The fourth-order valence-electron chi connectivity index (χ4n) is 1.57. The third kappa shape index (κ3) is 4.46. The lowest BCUT2D eigenvalue weighted by Gasteiger charge is -2.10. The van der Waals surface area contributed by atoms with Crippen LogP contribution in [0.1, 0.15) is 30.4 Å². The van der Waals surface area contributed by atoms with E-state index in [1.807, 2.05) is 0 Å². The van der Waals surface area contributed by atoms with Gasteiger partial charge in [0.05, 0.1) is 18.8 Å². The van der Waals surface area contributed by atoms with Gasteiger partial charge >= 0.3 is 5.97 Å². The first-order valence-electron chi connectivity index (χ1n) is 5.49. The summed E-state index contributed by atoms with van der Waals surface area (Å²) in [6.45, 7) is 1.77. The summed E-state index contributed by atoms with van der Waals surface area (Å²) in [5.74, 6) is -1.40. The van der Waals surface area contributed by atoms with Crippen LogP contribution in [0.3, 0.4) is 0 Å². The molecule has 0 aliphatic carbocycles. The minimum absolute atomic E-state index is 0.0387. The highest BCUT2D eigenvalue weighted by molar-refractivity contribution is 7.85. The molecule has 0 radical (unpaired) electrons. The molecule has 1 rings (SSSR count). The predicted octanol–water partition coefficient (Wildman–Crippen LogP) is 1.74. The molecule has 6 heteroatoms. The number of carboxylic acids is 1. The van der Waals surface area contributed by atoms with Crippen LogP contribution in [0.15, 0.2) is 24.3 Å². The summed E-state index contributed by atoms with van der Waals surface area (Å²) in [6, 6.07) is 6.71. The first kappa shape index (κ1) is 14.7. The molecule has 0 saturated heterocycles. The van der Waals surface area contributed by atoms with Crippen molar-refractivity contribution in [3.63, 3.8) is 0 Å². The van der Waals surface area contributed by atoms with Gasteiger partial charge in [-0.25, -0.2) is 0 Å². The van der Waals surface area contributed by atoms with E-state index in [-0.39, 0.29) is 6.61 Å². The van der Waals surface area contributed by atoms with E-state index in [9.17, 15) is 13.2 Å². The summed E-state index contributed by atoms with van der Waals surface area (Å²) in [4.78, 5) is 11.0. The van der Waals surface area contributed by atoms with Crippen LogP contribution in [0.2, 0.25) is 0 Å². The van der Waals surface area contributed by atoms with Crippen LogP contribution in [0, 0.1) is 0 Å². The van der Waals surface area contributed by atoms with Gasteiger partial charge in [0.15, 0.2) is 0 Å². The summed E-state index contributed by atoms with van der Waals surface area (Å²) in [5.41, 5.74) is 1.39. The van der Waals surface area contributed by atoms with Crippen molar-refractivity contribution in [1.82, 2.24) is 0 Å². The van der Waals surface area contributed by atoms with Crippen LogP contribution in [-0.4, -0.2) is 25.7 Å². The molecule has 1 N–H and O–H groups in total. The van der Waals surface area contributed by atoms with Crippen LogP contribution >= 0.6 is 0 Å². The van der Waals surface area contributed by atoms with Gasteiger partial charge in [0, 0.05) is 0 Å². The third-order valence-electron chi connectivity index (χ3n) is 2.53. The standard InChI is InChI=1S/C12H16O5S/c1-3-11(12(13)14)10-6-4-9(5-7-10)8-17-18(2,15)16/h4-7,11H,3,8H2,1-2H3,(H,13,14). The van der Waals surface area contributed by atoms with Gasteiger partial charge in [-0.1, -0.05) is 31.2 Å². The smallest absolute Gasteiger partial charge is 0.310 e. The highest BCUT2D eigenvalue weighted by Gasteiger charge is 2.17. The van der Waals surface area contributed by atoms with E-state index in [0.29, 0.717) is 17.5 Å². The van der Waals surface area contributed by atoms with Crippen LogP contribution < -0.4 is 0 Å². The van der Waals surface area contributed by atoms with E-state index in [4.69, 9.17) is 5.11 Å². The van der Waals surface area contributed by atoms with Crippen LogP contribution in [0.5, 0.6) is 0 Å². The lowest BCUT2D eigenvalue weighted by atomic mass is 9.96. The topological polar surface area (TPSA) is 80.7 Å². The quantitative estimate of drug-likeness (QED) is 0.798. The molecule has 1 aromatic rings. The molecule has 0 bridgehead atoms. The second kappa shape index (κ2) is 5.97. The second-order valence-corrected chi connectivity index (χ2v) is 5.65. The Bertz CT molecular complexity index is 504. The Morgan fingerprint density at radius 2 is 1.89 bits per heavy atom. The van der Waals surface area contributed by atoms with E-state index >= 15 is 0 Å². The van der Waals surface area contributed by atoms with E-state index < -0.39 is 22.0 Å². The molecule has 1 unspecified atom stereocenters. The Labute approximate surface area is 107 Å². The molecule has 100 valence electrons. The summed E-state index contributed by atoms with van der Waals surface area (Å²) < 4.78 is 26.3. The zero-order valence-corrected chi connectivity index (χ0v) is 11.1. The molecule has 0 aliphatic rings. The molecule has 0 heterocycles. The molecule has 0 aromatic heterocycles. The van der Waals surface area contributed by atoms with Gasteiger partial charge in [0.25, 0.3) is 10.1 Å². The van der Waals surface area contributed by atoms with Crippen molar-refractivity contribution in [2.45, 2.75) is 25.9 Å². The molecular formula is C12H16O5S. The van der Waals surface area contributed by atoms with Gasteiger partial charge in [-0.2, -0.15) is 8.42 Å². The van der Waals surface area contributed by atoms with E-state index in [2.05, 4.69) is 4.18 Å². The number of hydrogen-bond acceptors (Lipinski definition) is 4. The summed E-state index contributed by atoms with van der Waals surface area (Å²) in [5, 5.41) is 9.00. The van der Waals surface area contributed by atoms with Crippen molar-refractivity contribution >= 4 is 16.1 Å². The number of carbonyl (C=O) groups is 1. The number of benzene rings is 1. The van der Waals surface area contributed by atoms with Crippen molar-refractivity contribution < 1.29 is 22.5 Å². The Morgan fingerprint density at radius 1 is 1.33 bits per heavy atom. The molecule has 0 spiro atoms. The zero-order chi connectivity index (χ0) is 13.8. The monoisotopic (exact) mass is 272 g/mol. The largest absolute Gasteiger partial charge is 0.481 e. The molecule has 1 atom stereocenters. The van der Waals surface area contributed by atoms with Crippen molar-refractivity contribution in [3.8, 4) is 0 Å². The fourth-order valence-corrected chi connectivity index (χ4v) is 1.92. The van der Waals surface area contributed by atoms with Gasteiger partial charge in [-0.15, -0.1) is 0 Å². The van der Waals surface area contributed by atoms with Crippen LogP contribution in [-0.2, 0) is 25.7 Å². The zero-order valence-electron chi connectivity index (χ0n) is 10.3. The van der Waals surface area contributed by atoms with Gasteiger partial charge < -0.3 is 5.11 Å². The maximum Gasteiger partial charge on any atom is 0.310 e. The molecule has 1 aromatic carbocycles. The second-order valence-electron chi connectivity index (χ2n) is 4.01. The van der Waals surface area contributed by atoms with E-state index in [0.717, 1.165) is 6.26 Å². The average molecular weight is 272 g/mol. The van der Waals surface area contributed by atoms with Crippen LogP contribution in [0.4, 0.5) is 0 Å². The number of carboxylic acid groups (broad SMARTS) is 1. The molecular weight excluding hydrogens is 256 g/mol. The first-order chi connectivity index (χ1) is 8.33.